The highest BCUT2D eigenvalue weighted by molar-refractivity contribution is 4.96. The molecule has 0 radical (unpaired) electrons. The van der Waals surface area contributed by atoms with Gasteiger partial charge < -0.3 is 5.73 Å². The fraction of sp³-hybridized carbons (Fsp3) is 1.00. The van der Waals surface area contributed by atoms with Crippen LogP contribution in [0.1, 0.15) is 44.9 Å². The molecule has 2 aliphatic heterocycles. The Bertz CT molecular complexity index is 256. The monoisotopic (exact) mass is 251 g/mol. The SMILES string of the molecule is CN1C2CC(N)CC1CN(CC1CCCCC1)C2. The van der Waals surface area contributed by atoms with Crippen molar-refractivity contribution in [1.82, 2.24) is 9.80 Å². The molecule has 0 aromatic carbocycles. The number of fused-ring (bicyclic) bond motifs is 2. The van der Waals surface area contributed by atoms with Gasteiger partial charge in [-0.05, 0) is 38.6 Å². The molecule has 104 valence electrons. The van der Waals surface area contributed by atoms with E-state index in [4.69, 9.17) is 5.73 Å². The summed E-state index contributed by atoms with van der Waals surface area (Å²) in [6.07, 6.45) is 9.76. The first-order chi connectivity index (χ1) is 8.72. The third-order valence-electron chi connectivity index (χ3n) is 5.48. The second-order valence-electron chi connectivity index (χ2n) is 6.93. The predicted molar refractivity (Wildman–Crippen MR) is 75.6 cm³/mol. The van der Waals surface area contributed by atoms with Crippen molar-refractivity contribution in [2.75, 3.05) is 26.7 Å². The largest absolute Gasteiger partial charge is 0.328 e. The second-order valence-corrected chi connectivity index (χ2v) is 6.93. The number of hydrogen-bond acceptors (Lipinski definition) is 3. The molecule has 0 amide bonds. The average Bonchev–Trinajstić information content (AvgIpc) is 2.33. The van der Waals surface area contributed by atoms with Gasteiger partial charge in [0, 0.05) is 37.8 Å². The van der Waals surface area contributed by atoms with Crippen LogP contribution in [0, 0.1) is 5.92 Å². The number of piperidine rings is 1. The molecule has 2 bridgehead atoms. The molecule has 0 aromatic rings. The first-order valence-corrected chi connectivity index (χ1v) is 7.92. The van der Waals surface area contributed by atoms with Crippen LogP contribution in [0.4, 0.5) is 0 Å². The standard InChI is InChI=1S/C15H29N3/c1-17-14-7-13(16)8-15(17)11-18(10-14)9-12-5-3-2-4-6-12/h12-15H,2-11,16H2,1H3. The summed E-state index contributed by atoms with van der Waals surface area (Å²) in [5.41, 5.74) is 6.17. The molecule has 0 spiro atoms. The van der Waals surface area contributed by atoms with Crippen molar-refractivity contribution in [2.24, 2.45) is 11.7 Å². The number of nitrogens with two attached hydrogens (primary N) is 1. The lowest BCUT2D eigenvalue weighted by atomic mass is 9.86. The first kappa shape index (κ1) is 12.9. The van der Waals surface area contributed by atoms with Gasteiger partial charge >= 0.3 is 0 Å². The minimum absolute atomic E-state index is 0.452. The zero-order chi connectivity index (χ0) is 12.5. The molecule has 2 N–H and O–H groups in total. The third kappa shape index (κ3) is 2.73. The molecule has 0 aromatic heterocycles. The second kappa shape index (κ2) is 5.48. The topological polar surface area (TPSA) is 32.5 Å². The van der Waals surface area contributed by atoms with Gasteiger partial charge in [0.2, 0.25) is 0 Å². The number of likely N-dealkylation sites (N-methyl/N-ethyl adjacent to an activating group) is 1. The Morgan fingerprint density at radius 1 is 1.00 bits per heavy atom. The summed E-state index contributed by atoms with van der Waals surface area (Å²) in [5.74, 6) is 0.983. The van der Waals surface area contributed by atoms with Crippen molar-refractivity contribution in [1.29, 1.82) is 0 Å². The summed E-state index contributed by atoms with van der Waals surface area (Å²) in [5, 5.41) is 0. The zero-order valence-corrected chi connectivity index (χ0v) is 11.9. The Kier molecular flexibility index (Phi) is 3.92. The molecular formula is C15H29N3. The van der Waals surface area contributed by atoms with Gasteiger partial charge in [-0.25, -0.2) is 0 Å². The van der Waals surface area contributed by atoms with Gasteiger partial charge in [-0.15, -0.1) is 0 Å². The lowest BCUT2D eigenvalue weighted by molar-refractivity contribution is -0.00491. The molecule has 3 fully saturated rings. The lowest BCUT2D eigenvalue weighted by Gasteiger charge is -2.51. The van der Waals surface area contributed by atoms with Crippen LogP contribution in [0.3, 0.4) is 0 Å². The van der Waals surface area contributed by atoms with Gasteiger partial charge in [0.15, 0.2) is 0 Å². The minimum Gasteiger partial charge on any atom is -0.328 e. The first-order valence-electron chi connectivity index (χ1n) is 7.92. The van der Waals surface area contributed by atoms with Crippen molar-refractivity contribution in [3.05, 3.63) is 0 Å². The van der Waals surface area contributed by atoms with Gasteiger partial charge in [0.05, 0.1) is 0 Å². The van der Waals surface area contributed by atoms with Crippen molar-refractivity contribution in [3.8, 4) is 0 Å². The quantitative estimate of drug-likeness (QED) is 0.810. The van der Waals surface area contributed by atoms with E-state index in [2.05, 4.69) is 16.8 Å². The van der Waals surface area contributed by atoms with Crippen LogP contribution in [0.2, 0.25) is 0 Å². The maximum atomic E-state index is 6.17. The molecule has 2 atom stereocenters. The highest BCUT2D eigenvalue weighted by atomic mass is 15.3. The zero-order valence-electron chi connectivity index (χ0n) is 11.9. The summed E-state index contributed by atoms with van der Waals surface area (Å²) in [6.45, 7) is 3.88. The van der Waals surface area contributed by atoms with E-state index in [1.54, 1.807) is 0 Å². The van der Waals surface area contributed by atoms with Crippen LogP contribution in [0.25, 0.3) is 0 Å². The van der Waals surface area contributed by atoms with E-state index in [0.717, 1.165) is 18.0 Å². The maximum absolute atomic E-state index is 6.17. The number of rotatable bonds is 2. The molecule has 2 saturated heterocycles. The molecular weight excluding hydrogens is 222 g/mol. The van der Waals surface area contributed by atoms with E-state index < -0.39 is 0 Å². The number of hydrogen-bond donors (Lipinski definition) is 1. The summed E-state index contributed by atoms with van der Waals surface area (Å²) >= 11 is 0. The normalized spacial score (nSPS) is 40.0. The van der Waals surface area contributed by atoms with Crippen molar-refractivity contribution < 1.29 is 0 Å². The summed E-state index contributed by atoms with van der Waals surface area (Å²) < 4.78 is 0. The van der Waals surface area contributed by atoms with E-state index in [9.17, 15) is 0 Å². The maximum Gasteiger partial charge on any atom is 0.0238 e. The molecule has 3 aliphatic rings. The van der Waals surface area contributed by atoms with Crippen LogP contribution < -0.4 is 5.73 Å². The highest BCUT2D eigenvalue weighted by Crippen LogP contribution is 2.29. The highest BCUT2D eigenvalue weighted by Gasteiger charge is 2.38. The molecule has 3 rings (SSSR count). The summed E-state index contributed by atoms with van der Waals surface area (Å²) in [6, 6.07) is 1.89. The van der Waals surface area contributed by atoms with E-state index >= 15 is 0 Å². The van der Waals surface area contributed by atoms with Gasteiger partial charge in [-0.3, -0.25) is 9.80 Å². The van der Waals surface area contributed by atoms with E-state index in [0.29, 0.717) is 6.04 Å². The van der Waals surface area contributed by atoms with Crippen LogP contribution in [-0.2, 0) is 0 Å². The lowest BCUT2D eigenvalue weighted by Crippen LogP contribution is -2.63. The molecule has 3 nitrogen and oxygen atoms in total. The third-order valence-corrected chi connectivity index (χ3v) is 5.48. The van der Waals surface area contributed by atoms with Crippen molar-refractivity contribution in [2.45, 2.75) is 63.1 Å². The van der Waals surface area contributed by atoms with Crippen LogP contribution in [0.15, 0.2) is 0 Å². The van der Waals surface area contributed by atoms with Crippen LogP contribution in [-0.4, -0.2) is 54.6 Å². The molecule has 18 heavy (non-hydrogen) atoms. The number of likely N-dealkylation sites (tertiary alicyclic amines) is 1. The van der Waals surface area contributed by atoms with Crippen molar-refractivity contribution in [3.63, 3.8) is 0 Å². The summed E-state index contributed by atoms with van der Waals surface area (Å²) in [7, 11) is 2.30. The van der Waals surface area contributed by atoms with Crippen LogP contribution >= 0.6 is 0 Å². The molecule has 1 aliphatic carbocycles. The number of nitrogens with zero attached hydrogens (tertiary/aromatic N) is 2. The Morgan fingerprint density at radius 2 is 1.61 bits per heavy atom. The minimum atomic E-state index is 0.452. The average molecular weight is 251 g/mol. The van der Waals surface area contributed by atoms with E-state index in [1.807, 2.05) is 0 Å². The smallest absolute Gasteiger partial charge is 0.0238 e. The van der Waals surface area contributed by atoms with Crippen molar-refractivity contribution >= 4 is 0 Å². The Balaban J connectivity index is 1.56. The fourth-order valence-electron chi connectivity index (χ4n) is 4.39. The molecule has 2 unspecified atom stereocenters. The number of piperazine rings is 1. The molecule has 3 heteroatoms. The fourth-order valence-corrected chi connectivity index (χ4v) is 4.39. The van der Waals surface area contributed by atoms with Gasteiger partial charge in [-0.2, -0.15) is 0 Å². The Morgan fingerprint density at radius 3 is 2.22 bits per heavy atom. The van der Waals surface area contributed by atoms with Gasteiger partial charge in [0.25, 0.3) is 0 Å². The van der Waals surface area contributed by atoms with Gasteiger partial charge in [0.1, 0.15) is 0 Å². The van der Waals surface area contributed by atoms with Crippen LogP contribution in [0.5, 0.6) is 0 Å². The molecule has 2 heterocycles. The Labute approximate surface area is 112 Å². The van der Waals surface area contributed by atoms with Gasteiger partial charge in [-0.1, -0.05) is 19.3 Å². The molecule has 1 saturated carbocycles. The van der Waals surface area contributed by atoms with E-state index in [-0.39, 0.29) is 0 Å². The van der Waals surface area contributed by atoms with E-state index in [1.165, 1.54) is 64.6 Å². The summed E-state index contributed by atoms with van der Waals surface area (Å²) in [4.78, 5) is 5.35. The predicted octanol–water partition coefficient (Wildman–Crippen LogP) is 1.67. The Hall–Kier alpha value is -0.120.